The standard InChI is InChI=1S/C17H16ClFN2O4S/c1-26(23,24)21-9-8-16(25-15-7-6-11(18)10-14(15)21)17(22)20-13-5-3-2-4-12(13)19/h2-7,10,16H,8-9H2,1H3,(H,20,22)/t16-/m0/s1. The van der Waals surface area contributed by atoms with E-state index in [4.69, 9.17) is 16.3 Å². The molecule has 1 aliphatic rings. The molecule has 0 spiro atoms. The van der Waals surface area contributed by atoms with Gasteiger partial charge in [-0.3, -0.25) is 9.10 Å². The quantitative estimate of drug-likeness (QED) is 0.862. The molecule has 0 saturated carbocycles. The predicted molar refractivity (Wildman–Crippen MR) is 97.7 cm³/mol. The van der Waals surface area contributed by atoms with E-state index in [9.17, 15) is 17.6 Å². The number of rotatable bonds is 3. The maximum absolute atomic E-state index is 13.7. The minimum Gasteiger partial charge on any atom is -0.478 e. The van der Waals surface area contributed by atoms with Crippen molar-refractivity contribution in [2.45, 2.75) is 12.5 Å². The molecule has 3 rings (SSSR count). The van der Waals surface area contributed by atoms with E-state index in [1.54, 1.807) is 6.07 Å². The summed E-state index contributed by atoms with van der Waals surface area (Å²) in [6.07, 6.45) is 0.179. The summed E-state index contributed by atoms with van der Waals surface area (Å²) in [6.45, 7) is 0.0293. The fourth-order valence-corrected chi connectivity index (χ4v) is 3.76. The average Bonchev–Trinajstić information content (AvgIpc) is 2.76. The van der Waals surface area contributed by atoms with Crippen LogP contribution in [0.3, 0.4) is 0 Å². The fourth-order valence-electron chi connectivity index (χ4n) is 2.66. The van der Waals surface area contributed by atoms with Crippen LogP contribution in [-0.2, 0) is 14.8 Å². The third kappa shape index (κ3) is 3.91. The summed E-state index contributed by atoms with van der Waals surface area (Å²) in [7, 11) is -3.59. The minimum absolute atomic E-state index is 0.0293. The Balaban J connectivity index is 1.89. The van der Waals surface area contributed by atoms with Crippen molar-refractivity contribution in [1.82, 2.24) is 0 Å². The highest BCUT2D eigenvalue weighted by Crippen LogP contribution is 2.36. The van der Waals surface area contributed by atoms with Crippen molar-refractivity contribution in [3.8, 4) is 5.75 Å². The van der Waals surface area contributed by atoms with E-state index in [1.807, 2.05) is 0 Å². The van der Waals surface area contributed by atoms with Gasteiger partial charge >= 0.3 is 0 Å². The molecule has 2 aromatic rings. The van der Waals surface area contributed by atoms with Crippen LogP contribution in [0.25, 0.3) is 0 Å². The van der Waals surface area contributed by atoms with Crippen molar-refractivity contribution < 1.29 is 22.3 Å². The second kappa shape index (κ2) is 7.13. The van der Waals surface area contributed by atoms with Crippen LogP contribution < -0.4 is 14.4 Å². The first-order valence-corrected chi connectivity index (χ1v) is 9.97. The Morgan fingerprint density at radius 2 is 2.04 bits per heavy atom. The Morgan fingerprint density at radius 1 is 1.31 bits per heavy atom. The lowest BCUT2D eigenvalue weighted by atomic mass is 10.2. The van der Waals surface area contributed by atoms with Crippen LogP contribution in [0.2, 0.25) is 5.02 Å². The number of hydrogen-bond acceptors (Lipinski definition) is 4. The molecule has 1 heterocycles. The first kappa shape index (κ1) is 18.5. The number of nitrogens with one attached hydrogen (secondary N) is 1. The highest BCUT2D eigenvalue weighted by molar-refractivity contribution is 7.92. The van der Waals surface area contributed by atoms with Gasteiger partial charge in [-0.05, 0) is 30.3 Å². The van der Waals surface area contributed by atoms with Crippen LogP contribution in [0.5, 0.6) is 5.75 Å². The number of sulfonamides is 1. The SMILES string of the molecule is CS(=O)(=O)N1CC[C@@H](C(=O)Nc2ccccc2F)Oc2ccc(Cl)cc21. The molecule has 1 amide bonds. The van der Waals surface area contributed by atoms with E-state index < -0.39 is 27.9 Å². The Bertz CT molecular complexity index is 952. The van der Waals surface area contributed by atoms with Gasteiger partial charge in [0.05, 0.1) is 17.6 Å². The van der Waals surface area contributed by atoms with Gasteiger partial charge in [0, 0.05) is 18.0 Å². The molecule has 1 atom stereocenters. The van der Waals surface area contributed by atoms with Gasteiger partial charge in [-0.2, -0.15) is 0 Å². The second-order valence-corrected chi connectivity index (χ2v) is 8.15. The number of anilines is 2. The van der Waals surface area contributed by atoms with E-state index in [0.717, 1.165) is 10.6 Å². The number of carbonyl (C=O) groups is 1. The number of carbonyl (C=O) groups excluding carboxylic acids is 1. The number of benzene rings is 2. The number of nitrogens with zero attached hydrogens (tertiary/aromatic N) is 1. The normalized spacial score (nSPS) is 17.0. The molecule has 2 aromatic carbocycles. The van der Waals surface area contributed by atoms with E-state index in [-0.39, 0.29) is 30.1 Å². The number of para-hydroxylation sites is 1. The molecule has 6 nitrogen and oxygen atoms in total. The van der Waals surface area contributed by atoms with Gasteiger partial charge in [0.15, 0.2) is 6.10 Å². The summed E-state index contributed by atoms with van der Waals surface area (Å²) in [4.78, 5) is 12.5. The van der Waals surface area contributed by atoms with Gasteiger partial charge in [0.2, 0.25) is 10.0 Å². The molecule has 0 saturated heterocycles. The lowest BCUT2D eigenvalue weighted by Crippen LogP contribution is -2.36. The molecular formula is C17H16ClFN2O4S. The molecule has 138 valence electrons. The lowest BCUT2D eigenvalue weighted by Gasteiger charge is -2.21. The molecular weight excluding hydrogens is 383 g/mol. The maximum atomic E-state index is 13.7. The number of ether oxygens (including phenoxy) is 1. The zero-order valence-corrected chi connectivity index (χ0v) is 15.3. The van der Waals surface area contributed by atoms with Gasteiger partial charge in [-0.25, -0.2) is 12.8 Å². The van der Waals surface area contributed by atoms with E-state index in [1.165, 1.54) is 36.4 Å². The Hall–Kier alpha value is -2.32. The van der Waals surface area contributed by atoms with E-state index in [0.29, 0.717) is 5.02 Å². The van der Waals surface area contributed by atoms with Crippen molar-refractivity contribution >= 4 is 38.9 Å². The van der Waals surface area contributed by atoms with E-state index >= 15 is 0 Å². The van der Waals surface area contributed by atoms with Gasteiger partial charge in [0.1, 0.15) is 11.6 Å². The first-order chi connectivity index (χ1) is 12.3. The zero-order valence-electron chi connectivity index (χ0n) is 13.8. The molecule has 1 aliphatic heterocycles. The van der Waals surface area contributed by atoms with Crippen LogP contribution in [0.1, 0.15) is 6.42 Å². The van der Waals surface area contributed by atoms with Gasteiger partial charge < -0.3 is 10.1 Å². The lowest BCUT2D eigenvalue weighted by molar-refractivity contribution is -0.122. The van der Waals surface area contributed by atoms with Crippen molar-refractivity contribution in [2.24, 2.45) is 0 Å². The molecule has 0 aliphatic carbocycles. The number of amides is 1. The summed E-state index contributed by atoms with van der Waals surface area (Å²) in [5.41, 5.74) is 0.294. The van der Waals surface area contributed by atoms with Gasteiger partial charge in [0.25, 0.3) is 5.91 Å². The topological polar surface area (TPSA) is 75.7 Å². The van der Waals surface area contributed by atoms with Gasteiger partial charge in [-0.15, -0.1) is 0 Å². The molecule has 0 fully saturated rings. The molecule has 26 heavy (non-hydrogen) atoms. The smallest absolute Gasteiger partial charge is 0.265 e. The molecule has 0 radical (unpaired) electrons. The summed E-state index contributed by atoms with van der Waals surface area (Å²) in [5.74, 6) is -0.920. The van der Waals surface area contributed by atoms with Crippen molar-refractivity contribution in [1.29, 1.82) is 0 Å². The molecule has 9 heteroatoms. The minimum atomic E-state index is -3.59. The highest BCUT2D eigenvalue weighted by atomic mass is 35.5. The number of halogens is 2. The van der Waals surface area contributed by atoms with Crippen LogP contribution in [-0.4, -0.2) is 33.2 Å². The number of hydrogen-bond donors (Lipinski definition) is 1. The predicted octanol–water partition coefficient (Wildman–Crippen LogP) is 3.03. The van der Waals surface area contributed by atoms with Gasteiger partial charge in [-0.1, -0.05) is 23.7 Å². The zero-order chi connectivity index (χ0) is 18.9. The van der Waals surface area contributed by atoms with Crippen LogP contribution in [0.4, 0.5) is 15.8 Å². The summed E-state index contributed by atoms with van der Waals surface area (Å²) in [5, 5.41) is 2.81. The third-order valence-electron chi connectivity index (χ3n) is 3.88. The van der Waals surface area contributed by atoms with Crippen molar-refractivity contribution in [2.75, 3.05) is 22.4 Å². The highest BCUT2D eigenvalue weighted by Gasteiger charge is 2.31. The molecule has 0 aromatic heterocycles. The Morgan fingerprint density at radius 3 is 2.73 bits per heavy atom. The summed E-state index contributed by atoms with van der Waals surface area (Å²) in [6, 6.07) is 10.3. The second-order valence-electron chi connectivity index (χ2n) is 5.81. The monoisotopic (exact) mass is 398 g/mol. The molecule has 0 unspecified atom stereocenters. The largest absolute Gasteiger partial charge is 0.478 e. The van der Waals surface area contributed by atoms with Crippen LogP contribution >= 0.6 is 11.6 Å². The first-order valence-electron chi connectivity index (χ1n) is 7.75. The molecule has 0 bridgehead atoms. The maximum Gasteiger partial charge on any atom is 0.265 e. The van der Waals surface area contributed by atoms with Crippen LogP contribution in [0, 0.1) is 5.82 Å². The fraction of sp³-hybridized carbons (Fsp3) is 0.235. The average molecular weight is 399 g/mol. The summed E-state index contributed by atoms with van der Waals surface area (Å²) >= 11 is 5.97. The number of fused-ring (bicyclic) bond motifs is 1. The Kier molecular flexibility index (Phi) is 5.06. The third-order valence-corrected chi connectivity index (χ3v) is 5.29. The molecule has 1 N–H and O–H groups in total. The summed E-state index contributed by atoms with van der Waals surface area (Å²) < 4.78 is 44.8. The van der Waals surface area contributed by atoms with Crippen molar-refractivity contribution in [3.63, 3.8) is 0 Å². The van der Waals surface area contributed by atoms with Crippen LogP contribution in [0.15, 0.2) is 42.5 Å². The Labute approximate surface area is 155 Å². The van der Waals surface area contributed by atoms with Crippen molar-refractivity contribution in [3.05, 3.63) is 53.3 Å². The van der Waals surface area contributed by atoms with E-state index in [2.05, 4.69) is 5.32 Å².